The maximum Gasteiger partial charge on any atom is 0.234 e. The molecule has 4 rings (SSSR count). The number of aryl methyl sites for hydroxylation is 5. The molecule has 0 radical (unpaired) electrons. The third kappa shape index (κ3) is 2.48. The fourth-order valence-corrected chi connectivity index (χ4v) is 2.92. The average Bonchev–Trinajstić information content (AvgIpc) is 3.03. The van der Waals surface area contributed by atoms with E-state index in [1.165, 1.54) is 5.56 Å². The first-order valence-corrected chi connectivity index (χ1v) is 7.77. The molecule has 23 heavy (non-hydrogen) atoms. The van der Waals surface area contributed by atoms with Crippen molar-refractivity contribution >= 4 is 16.9 Å². The van der Waals surface area contributed by atoms with Crippen molar-refractivity contribution in [2.24, 2.45) is 0 Å². The lowest BCUT2D eigenvalue weighted by molar-refractivity contribution is 0.560. The molecule has 0 aliphatic carbocycles. The second-order valence-electron chi connectivity index (χ2n) is 5.92. The predicted molar refractivity (Wildman–Crippen MR) is 88.6 cm³/mol. The minimum absolute atomic E-state index is 0.704. The summed E-state index contributed by atoms with van der Waals surface area (Å²) in [6.45, 7) is 5.95. The highest BCUT2D eigenvalue weighted by atomic mass is 16.3. The van der Waals surface area contributed by atoms with Gasteiger partial charge in [0.2, 0.25) is 5.78 Å². The average molecular weight is 306 g/mol. The highest BCUT2D eigenvalue weighted by Gasteiger charge is 2.10. The van der Waals surface area contributed by atoms with Crippen LogP contribution in [0.1, 0.15) is 28.5 Å². The van der Waals surface area contributed by atoms with Crippen LogP contribution in [-0.4, -0.2) is 19.4 Å². The molecule has 3 aromatic heterocycles. The van der Waals surface area contributed by atoms with E-state index in [4.69, 9.17) is 4.42 Å². The molecule has 4 aromatic rings. The van der Waals surface area contributed by atoms with E-state index in [9.17, 15) is 0 Å². The highest BCUT2D eigenvalue weighted by molar-refractivity contribution is 5.73. The largest absolute Gasteiger partial charge is 0.441 e. The Kier molecular flexibility index (Phi) is 3.15. The van der Waals surface area contributed by atoms with Gasteiger partial charge in [-0.1, -0.05) is 6.07 Å². The van der Waals surface area contributed by atoms with Crippen molar-refractivity contribution in [1.29, 1.82) is 0 Å². The lowest BCUT2D eigenvalue weighted by Crippen LogP contribution is -1.95. The summed E-state index contributed by atoms with van der Waals surface area (Å²) in [7, 11) is 0. The van der Waals surface area contributed by atoms with E-state index in [1.807, 2.05) is 36.6 Å². The van der Waals surface area contributed by atoms with Gasteiger partial charge in [-0.15, -0.1) is 0 Å². The summed E-state index contributed by atoms with van der Waals surface area (Å²) in [6.07, 6.45) is 3.83. The van der Waals surface area contributed by atoms with Crippen molar-refractivity contribution in [1.82, 2.24) is 19.4 Å². The summed E-state index contributed by atoms with van der Waals surface area (Å²) in [5.74, 6) is 1.48. The van der Waals surface area contributed by atoms with Crippen LogP contribution in [0.4, 0.5) is 0 Å². The molecule has 3 heterocycles. The molecule has 0 amide bonds. The third-order valence-corrected chi connectivity index (χ3v) is 4.18. The van der Waals surface area contributed by atoms with Gasteiger partial charge in [0.05, 0.1) is 5.69 Å². The van der Waals surface area contributed by atoms with Crippen LogP contribution in [0, 0.1) is 20.8 Å². The Bertz CT molecular complexity index is 1010. The van der Waals surface area contributed by atoms with Crippen molar-refractivity contribution < 1.29 is 4.42 Å². The van der Waals surface area contributed by atoms with Gasteiger partial charge in [-0.3, -0.25) is 4.40 Å². The minimum Gasteiger partial charge on any atom is -0.441 e. The maximum absolute atomic E-state index is 5.60. The summed E-state index contributed by atoms with van der Waals surface area (Å²) in [5.41, 5.74) is 6.23. The number of hydrogen-bond donors (Lipinski definition) is 0. The van der Waals surface area contributed by atoms with E-state index in [0.717, 1.165) is 46.8 Å². The third-order valence-electron chi connectivity index (χ3n) is 4.18. The van der Waals surface area contributed by atoms with Crippen molar-refractivity contribution in [2.45, 2.75) is 33.6 Å². The van der Waals surface area contributed by atoms with Gasteiger partial charge in [0.25, 0.3) is 0 Å². The van der Waals surface area contributed by atoms with Crippen LogP contribution < -0.4 is 0 Å². The molecule has 0 N–H and O–H groups in total. The van der Waals surface area contributed by atoms with Crippen molar-refractivity contribution in [3.05, 3.63) is 59.0 Å². The van der Waals surface area contributed by atoms with Crippen LogP contribution in [0.25, 0.3) is 16.9 Å². The Morgan fingerprint density at radius 1 is 1.00 bits per heavy atom. The number of hydrogen-bond acceptors (Lipinski definition) is 4. The van der Waals surface area contributed by atoms with Crippen LogP contribution >= 0.6 is 0 Å². The molecule has 0 saturated heterocycles. The Morgan fingerprint density at radius 3 is 2.74 bits per heavy atom. The summed E-state index contributed by atoms with van der Waals surface area (Å²) in [4.78, 5) is 13.5. The number of benzene rings is 1. The van der Waals surface area contributed by atoms with E-state index in [0.29, 0.717) is 5.89 Å². The number of oxazole rings is 1. The molecule has 0 fully saturated rings. The summed E-state index contributed by atoms with van der Waals surface area (Å²) in [6, 6.07) is 8.20. The summed E-state index contributed by atoms with van der Waals surface area (Å²) < 4.78 is 7.65. The molecule has 0 aliphatic rings. The van der Waals surface area contributed by atoms with Crippen LogP contribution in [-0.2, 0) is 12.8 Å². The summed E-state index contributed by atoms with van der Waals surface area (Å²) in [5, 5.41) is 0. The van der Waals surface area contributed by atoms with Gasteiger partial charge in [-0.05, 0) is 50.5 Å². The Labute approximate surface area is 134 Å². The van der Waals surface area contributed by atoms with Crippen LogP contribution in [0.3, 0.4) is 0 Å². The first-order chi connectivity index (χ1) is 11.1. The molecule has 116 valence electrons. The van der Waals surface area contributed by atoms with Crippen LogP contribution in [0.5, 0.6) is 0 Å². The molecule has 0 spiro atoms. The molecule has 0 atom stereocenters. The van der Waals surface area contributed by atoms with E-state index < -0.39 is 0 Å². The van der Waals surface area contributed by atoms with Gasteiger partial charge in [0.1, 0.15) is 5.52 Å². The minimum atomic E-state index is 0.704. The molecule has 0 aliphatic heterocycles. The summed E-state index contributed by atoms with van der Waals surface area (Å²) >= 11 is 0. The molecule has 5 heteroatoms. The molecule has 1 aromatic carbocycles. The standard InChI is InChI=1S/C18H18N4O/c1-11-8-9-22-12(2)15(21-18(22)19-11)6-4-14-5-7-16-17(10-14)23-13(3)20-16/h5,7-10H,4,6H2,1-3H3. The SMILES string of the molecule is Cc1ccn2c(C)c(CCc3ccc4nc(C)oc4c3)nc2n1. The number of imidazole rings is 1. The predicted octanol–water partition coefficient (Wildman–Crippen LogP) is 3.58. The first-order valence-electron chi connectivity index (χ1n) is 7.77. The lowest BCUT2D eigenvalue weighted by Gasteiger charge is -2.01. The monoisotopic (exact) mass is 306 g/mol. The Hall–Kier alpha value is -2.69. The van der Waals surface area contributed by atoms with E-state index in [2.05, 4.69) is 34.0 Å². The van der Waals surface area contributed by atoms with Gasteiger partial charge in [-0.25, -0.2) is 15.0 Å². The number of rotatable bonds is 3. The zero-order valence-corrected chi connectivity index (χ0v) is 13.5. The zero-order valence-electron chi connectivity index (χ0n) is 13.5. The van der Waals surface area contributed by atoms with Crippen molar-refractivity contribution in [2.75, 3.05) is 0 Å². The van der Waals surface area contributed by atoms with Crippen LogP contribution in [0.2, 0.25) is 0 Å². The normalized spacial score (nSPS) is 11.6. The van der Waals surface area contributed by atoms with E-state index in [1.54, 1.807) is 0 Å². The fraction of sp³-hybridized carbons (Fsp3) is 0.278. The highest BCUT2D eigenvalue weighted by Crippen LogP contribution is 2.19. The Balaban J connectivity index is 1.61. The first kappa shape index (κ1) is 13.9. The Morgan fingerprint density at radius 2 is 1.87 bits per heavy atom. The van der Waals surface area contributed by atoms with Crippen molar-refractivity contribution in [3.63, 3.8) is 0 Å². The number of aromatic nitrogens is 4. The fourth-order valence-electron chi connectivity index (χ4n) is 2.92. The molecule has 0 saturated carbocycles. The smallest absolute Gasteiger partial charge is 0.234 e. The molecular weight excluding hydrogens is 288 g/mol. The molecular formula is C18H18N4O. The topological polar surface area (TPSA) is 56.2 Å². The number of fused-ring (bicyclic) bond motifs is 2. The molecule has 0 unspecified atom stereocenters. The van der Waals surface area contributed by atoms with E-state index in [-0.39, 0.29) is 0 Å². The van der Waals surface area contributed by atoms with E-state index >= 15 is 0 Å². The maximum atomic E-state index is 5.60. The van der Waals surface area contributed by atoms with Gasteiger partial charge in [-0.2, -0.15) is 0 Å². The van der Waals surface area contributed by atoms with Gasteiger partial charge in [0.15, 0.2) is 11.5 Å². The zero-order chi connectivity index (χ0) is 16.0. The second kappa shape index (κ2) is 5.19. The van der Waals surface area contributed by atoms with Gasteiger partial charge >= 0.3 is 0 Å². The van der Waals surface area contributed by atoms with Gasteiger partial charge < -0.3 is 4.42 Å². The lowest BCUT2D eigenvalue weighted by atomic mass is 10.1. The second-order valence-corrected chi connectivity index (χ2v) is 5.92. The van der Waals surface area contributed by atoms with Crippen molar-refractivity contribution in [3.8, 4) is 0 Å². The molecule has 0 bridgehead atoms. The molecule has 5 nitrogen and oxygen atoms in total. The van der Waals surface area contributed by atoms with Crippen LogP contribution in [0.15, 0.2) is 34.9 Å². The van der Waals surface area contributed by atoms with Gasteiger partial charge in [0, 0.05) is 24.5 Å². The number of nitrogens with zero attached hydrogens (tertiary/aromatic N) is 4. The quantitative estimate of drug-likeness (QED) is 0.580.